The minimum absolute atomic E-state index is 0.164. The minimum atomic E-state index is -2.55. The summed E-state index contributed by atoms with van der Waals surface area (Å²) in [7, 11) is -7.57. The zero-order valence-corrected chi connectivity index (χ0v) is 30.2. The zero-order chi connectivity index (χ0) is 32.7. The Kier molecular flexibility index (Phi) is 9.51. The number of nitrogens with two attached hydrogens (primary N) is 1. The molecule has 1 aromatic carbocycles. The van der Waals surface area contributed by atoms with Gasteiger partial charge in [0, 0.05) is 4.57 Å². The Hall–Kier alpha value is -2.70. The van der Waals surface area contributed by atoms with Gasteiger partial charge in [-0.1, -0.05) is 59.7 Å². The van der Waals surface area contributed by atoms with Crippen molar-refractivity contribution in [3.63, 3.8) is 0 Å². The number of fused-ring (bicyclic) bond motifs is 1. The molecule has 1 aliphatic heterocycles. The van der Waals surface area contributed by atoms with Crippen molar-refractivity contribution in [3.8, 4) is 11.8 Å². The van der Waals surface area contributed by atoms with Gasteiger partial charge in [-0.3, -0.25) is 0 Å². The molecule has 0 radical (unpaired) electrons. The zero-order valence-electron chi connectivity index (χ0n) is 27.3. The molecular weight excluding hydrogens is 614 g/mol. The highest BCUT2D eigenvalue weighted by Crippen LogP contribution is 2.50. The van der Waals surface area contributed by atoms with Gasteiger partial charge in [0.1, 0.15) is 42.8 Å². The Morgan fingerprint density at radius 3 is 2.23 bits per heavy atom. The Bertz CT molecular complexity index is 1530. The average Bonchev–Trinajstić information content (AvgIpc) is 3.47. The van der Waals surface area contributed by atoms with Crippen LogP contribution in [-0.4, -0.2) is 56.2 Å². The summed E-state index contributed by atoms with van der Waals surface area (Å²) < 4.78 is 46.7. The van der Waals surface area contributed by atoms with Crippen LogP contribution >= 0.6 is 8.25 Å². The first-order chi connectivity index (χ1) is 20.3. The second-order valence-corrected chi connectivity index (χ2v) is 24.6. The maximum absolute atomic E-state index is 12.9. The summed E-state index contributed by atoms with van der Waals surface area (Å²) >= 11 is 0. The van der Waals surface area contributed by atoms with Gasteiger partial charge < -0.3 is 19.3 Å². The van der Waals surface area contributed by atoms with Gasteiger partial charge in [-0.2, -0.15) is 10.4 Å². The van der Waals surface area contributed by atoms with Crippen molar-refractivity contribution >= 4 is 36.2 Å². The Morgan fingerprint density at radius 1 is 1.02 bits per heavy atom. The first-order valence-electron chi connectivity index (χ1n) is 14.7. The lowest BCUT2D eigenvalue weighted by molar-refractivity contribution is -0.0587. The van der Waals surface area contributed by atoms with Crippen molar-refractivity contribution in [2.75, 3.05) is 12.3 Å². The van der Waals surface area contributed by atoms with Crippen molar-refractivity contribution in [2.45, 2.75) is 102 Å². The highest BCUT2D eigenvalue weighted by atomic mass is 31.1. The standard InChI is InChI=1S/C30H45N5O6PSi2/c1-28(2,3)43(7,8)40-25-23(18-37-42(36)39-21-14-12-11-13-15-21)38-30(19-31,26(25)41-44(9,10)29(4,5)6)24-17-16-22-27(32)33-20-34-35(22)24/h11-17,20,23,25-26H,18H2,1-10H3,(H2,32,33,34)/q+1/t23-,25?,26?,30+/m1/s1. The molecule has 44 heavy (non-hydrogen) atoms. The largest absolute Gasteiger partial charge is 0.750 e. The van der Waals surface area contributed by atoms with Crippen molar-refractivity contribution in [2.24, 2.45) is 0 Å². The summed E-state index contributed by atoms with van der Waals surface area (Å²) in [6, 6.07) is 14.8. The second-order valence-electron chi connectivity index (χ2n) is 14.2. The highest BCUT2D eigenvalue weighted by molar-refractivity contribution is 7.33. The van der Waals surface area contributed by atoms with Gasteiger partial charge in [0.15, 0.2) is 28.2 Å². The highest BCUT2D eigenvalue weighted by Gasteiger charge is 2.63. The first-order valence-corrected chi connectivity index (χ1v) is 21.6. The predicted molar refractivity (Wildman–Crippen MR) is 174 cm³/mol. The third-order valence-corrected chi connectivity index (χ3v) is 18.8. The summed E-state index contributed by atoms with van der Waals surface area (Å²) in [6.07, 6.45) is -1.11. The van der Waals surface area contributed by atoms with Crippen LogP contribution in [0.3, 0.4) is 0 Å². The van der Waals surface area contributed by atoms with E-state index in [4.69, 9.17) is 28.4 Å². The molecule has 0 aliphatic carbocycles. The molecule has 0 saturated carbocycles. The SMILES string of the molecule is CC(C)(C)[Si](C)(C)OC1C(O[Si](C)(C)C(C)(C)C)[C@](C#N)(c2ccc3c(N)ncnn23)O[C@@H]1CO[P+](=O)Oc1ccccc1. The molecule has 2 aromatic heterocycles. The summed E-state index contributed by atoms with van der Waals surface area (Å²) in [5.41, 5.74) is 5.47. The van der Waals surface area contributed by atoms with Crippen LogP contribution in [0, 0.1) is 11.3 Å². The van der Waals surface area contributed by atoms with Crippen molar-refractivity contribution in [3.05, 3.63) is 54.5 Å². The van der Waals surface area contributed by atoms with Gasteiger partial charge in [0.05, 0.1) is 5.69 Å². The Morgan fingerprint density at radius 2 is 1.64 bits per heavy atom. The fourth-order valence-corrected chi connectivity index (χ4v) is 7.76. The first kappa shape index (κ1) is 34.2. The molecule has 1 aliphatic rings. The predicted octanol–water partition coefficient (Wildman–Crippen LogP) is 6.96. The molecule has 3 heterocycles. The summed E-state index contributed by atoms with van der Waals surface area (Å²) in [5.74, 6) is 0.681. The van der Waals surface area contributed by atoms with Crippen LogP contribution in [0.25, 0.3) is 5.52 Å². The summed E-state index contributed by atoms with van der Waals surface area (Å²) in [5, 5.41) is 15.1. The number of anilines is 1. The number of rotatable bonds is 10. The topological polar surface area (TPSA) is 143 Å². The van der Waals surface area contributed by atoms with Crippen molar-refractivity contribution in [1.82, 2.24) is 14.6 Å². The summed E-state index contributed by atoms with van der Waals surface area (Å²) in [6.45, 7) is 21.2. The molecule has 5 atom stereocenters. The lowest BCUT2D eigenvalue weighted by Gasteiger charge is -2.44. The van der Waals surface area contributed by atoms with E-state index >= 15 is 0 Å². The Labute approximate surface area is 263 Å². The normalized spacial score (nSPS) is 23.5. The fraction of sp³-hybridized carbons (Fsp3) is 0.567. The van der Waals surface area contributed by atoms with E-state index in [1.165, 1.54) is 6.33 Å². The van der Waals surface area contributed by atoms with Crippen LogP contribution in [0.5, 0.6) is 5.75 Å². The van der Waals surface area contributed by atoms with Crippen LogP contribution < -0.4 is 10.3 Å². The number of aromatic nitrogens is 3. The molecule has 238 valence electrons. The molecule has 1 fully saturated rings. The van der Waals surface area contributed by atoms with E-state index in [0.717, 1.165) is 0 Å². The number of benzene rings is 1. The number of nitrogens with zero attached hydrogens (tertiary/aromatic N) is 4. The molecule has 0 amide bonds. The lowest BCUT2D eigenvalue weighted by Crippen LogP contribution is -2.56. The molecule has 3 aromatic rings. The second kappa shape index (κ2) is 12.2. The van der Waals surface area contributed by atoms with Gasteiger partial charge >= 0.3 is 8.25 Å². The monoisotopic (exact) mass is 658 g/mol. The van der Waals surface area contributed by atoms with Gasteiger partial charge in [-0.15, -0.1) is 4.52 Å². The van der Waals surface area contributed by atoms with E-state index in [2.05, 4.69) is 83.9 Å². The van der Waals surface area contributed by atoms with Crippen LogP contribution in [0.1, 0.15) is 47.2 Å². The van der Waals surface area contributed by atoms with E-state index in [1.807, 2.05) is 6.07 Å². The molecule has 2 N–H and O–H groups in total. The average molecular weight is 659 g/mol. The van der Waals surface area contributed by atoms with Crippen molar-refractivity contribution < 1.29 is 27.2 Å². The van der Waals surface area contributed by atoms with Gasteiger partial charge in [0.2, 0.25) is 5.60 Å². The number of hydrogen-bond donors (Lipinski definition) is 1. The molecule has 0 spiro atoms. The van der Waals surface area contributed by atoms with Gasteiger partial charge in [-0.25, -0.2) is 14.0 Å². The minimum Gasteiger partial charge on any atom is -0.408 e. The van der Waals surface area contributed by atoms with Crippen LogP contribution in [0.2, 0.25) is 36.3 Å². The van der Waals surface area contributed by atoms with Gasteiger partial charge in [0.25, 0.3) is 0 Å². The molecular formula is C30H45N5O6PSi2+. The maximum atomic E-state index is 12.9. The maximum Gasteiger partial charge on any atom is 0.750 e. The van der Waals surface area contributed by atoms with E-state index in [1.54, 1.807) is 40.9 Å². The molecule has 1 saturated heterocycles. The smallest absolute Gasteiger partial charge is 0.408 e. The van der Waals surface area contributed by atoms with Gasteiger partial charge in [-0.05, 0) is 60.5 Å². The number of hydrogen-bond acceptors (Lipinski definition) is 10. The van der Waals surface area contributed by atoms with Crippen LogP contribution in [-0.2, 0) is 28.3 Å². The molecule has 0 bridgehead atoms. The van der Waals surface area contributed by atoms with Crippen LogP contribution in [0.15, 0.2) is 48.8 Å². The number of nitriles is 1. The number of nitrogen functional groups attached to an aromatic ring is 1. The molecule has 3 unspecified atom stereocenters. The van der Waals surface area contributed by atoms with Crippen molar-refractivity contribution in [1.29, 1.82) is 5.26 Å². The summed E-state index contributed by atoms with van der Waals surface area (Å²) in [4.78, 5) is 4.11. The van der Waals surface area contributed by atoms with E-state index < -0.39 is 48.8 Å². The van der Waals surface area contributed by atoms with E-state index in [9.17, 15) is 9.83 Å². The quantitative estimate of drug-likeness (QED) is 0.179. The third-order valence-electron chi connectivity index (χ3n) is 9.16. The van der Waals surface area contributed by atoms with E-state index in [0.29, 0.717) is 17.0 Å². The molecule has 4 rings (SSSR count). The third kappa shape index (κ3) is 6.62. The molecule has 14 heteroatoms. The van der Waals surface area contributed by atoms with E-state index in [-0.39, 0.29) is 22.5 Å². The van der Waals surface area contributed by atoms with Crippen LogP contribution in [0.4, 0.5) is 5.82 Å². The number of ether oxygens (including phenoxy) is 1. The fourth-order valence-electron chi connectivity index (χ4n) is 4.54. The lowest BCUT2D eigenvalue weighted by atomic mass is 9.92. The Balaban J connectivity index is 1.83. The number of para-hydroxylation sites is 1. The molecule has 11 nitrogen and oxygen atoms in total.